The second-order valence-electron chi connectivity index (χ2n) is 5.63. The summed E-state index contributed by atoms with van der Waals surface area (Å²) in [6.45, 7) is 0. The molecule has 0 unspecified atom stereocenters. The molecule has 6 nitrogen and oxygen atoms in total. The minimum absolute atomic E-state index is 0.0310. The lowest BCUT2D eigenvalue weighted by molar-refractivity contribution is 0.397. The first-order valence-corrected chi connectivity index (χ1v) is 9.26. The van der Waals surface area contributed by atoms with Gasteiger partial charge in [0, 0.05) is 11.1 Å². The second-order valence-corrected chi connectivity index (χ2v) is 7.19. The van der Waals surface area contributed by atoms with Gasteiger partial charge in [0.2, 0.25) is 15.9 Å². The van der Waals surface area contributed by atoms with E-state index < -0.39 is 15.8 Å². The summed E-state index contributed by atoms with van der Waals surface area (Å²) < 4.78 is 41.4. The number of ether oxygens (including phenoxy) is 1. The van der Waals surface area contributed by atoms with Crippen LogP contribution in [-0.2, 0) is 10.0 Å². The van der Waals surface area contributed by atoms with Crippen molar-refractivity contribution in [2.45, 2.75) is 4.90 Å². The molecule has 0 aliphatic heterocycles. The number of hydrogen-bond donors (Lipinski definition) is 1. The van der Waals surface area contributed by atoms with E-state index >= 15 is 0 Å². The van der Waals surface area contributed by atoms with Crippen molar-refractivity contribution in [3.8, 4) is 34.3 Å². The fraction of sp³-hybridized carbons (Fsp3) is 0.0526. The number of aromatic nitrogens is 1. The van der Waals surface area contributed by atoms with Crippen LogP contribution in [0.1, 0.15) is 5.56 Å². The summed E-state index contributed by atoms with van der Waals surface area (Å²) in [5, 5.41) is 14.5. The first kappa shape index (κ1) is 18.5. The Balaban J connectivity index is 2.24. The average Bonchev–Trinajstić information content (AvgIpc) is 2.67. The predicted molar refractivity (Wildman–Crippen MR) is 97.7 cm³/mol. The Labute approximate surface area is 155 Å². The Morgan fingerprint density at radius 1 is 1.07 bits per heavy atom. The van der Waals surface area contributed by atoms with Crippen LogP contribution >= 0.6 is 0 Å². The third-order valence-corrected chi connectivity index (χ3v) is 4.84. The molecule has 27 heavy (non-hydrogen) atoms. The predicted octanol–water partition coefficient (Wildman–Crippen LogP) is 3.08. The summed E-state index contributed by atoms with van der Waals surface area (Å²) in [5.41, 5.74) is 2.49. The molecule has 0 radical (unpaired) electrons. The molecule has 0 saturated carbocycles. The monoisotopic (exact) mass is 383 g/mol. The molecule has 3 aromatic rings. The van der Waals surface area contributed by atoms with Gasteiger partial charge in [-0.15, -0.1) is 0 Å². The molecular weight excluding hydrogens is 369 g/mol. The summed E-state index contributed by atoms with van der Waals surface area (Å²) in [6.07, 6.45) is 0. The Hall–Kier alpha value is -3.28. The normalized spacial score (nSPS) is 11.0. The zero-order chi connectivity index (χ0) is 19.6. The number of benzene rings is 2. The fourth-order valence-electron chi connectivity index (χ4n) is 2.60. The highest BCUT2D eigenvalue weighted by atomic mass is 32.2. The summed E-state index contributed by atoms with van der Waals surface area (Å²) in [6, 6.07) is 15.2. The lowest BCUT2D eigenvalue weighted by Gasteiger charge is -2.13. The fourth-order valence-corrected chi connectivity index (χ4v) is 3.12. The zero-order valence-corrected chi connectivity index (χ0v) is 15.0. The smallest absolute Gasteiger partial charge is 0.238 e. The molecular formula is C19H14FN3O3S. The quantitative estimate of drug-likeness (QED) is 0.745. The van der Waals surface area contributed by atoms with Crippen molar-refractivity contribution in [2.24, 2.45) is 5.14 Å². The maximum atomic E-state index is 13.3. The first-order chi connectivity index (χ1) is 12.8. The molecule has 0 fully saturated rings. The molecule has 2 aromatic carbocycles. The van der Waals surface area contributed by atoms with Crippen molar-refractivity contribution in [3.05, 3.63) is 66.0 Å². The molecule has 8 heteroatoms. The van der Waals surface area contributed by atoms with Gasteiger partial charge in [0.15, 0.2) is 0 Å². The van der Waals surface area contributed by atoms with Crippen molar-refractivity contribution in [1.82, 2.24) is 4.98 Å². The highest BCUT2D eigenvalue weighted by Gasteiger charge is 2.16. The summed E-state index contributed by atoms with van der Waals surface area (Å²) in [5.74, 6) is -0.250. The van der Waals surface area contributed by atoms with E-state index in [-0.39, 0.29) is 16.3 Å². The van der Waals surface area contributed by atoms with Crippen molar-refractivity contribution in [1.29, 1.82) is 5.26 Å². The molecule has 2 N–H and O–H groups in total. The van der Waals surface area contributed by atoms with Crippen LogP contribution in [0.3, 0.4) is 0 Å². The molecule has 0 spiro atoms. The van der Waals surface area contributed by atoms with E-state index in [0.717, 1.165) is 0 Å². The van der Waals surface area contributed by atoms with Gasteiger partial charge in [-0.1, -0.05) is 12.1 Å². The molecule has 0 aliphatic rings. The summed E-state index contributed by atoms with van der Waals surface area (Å²) >= 11 is 0. The van der Waals surface area contributed by atoms with Crippen LogP contribution in [0.4, 0.5) is 4.39 Å². The SMILES string of the molecule is COc1nc(-c2ccc(F)cc2)c(-c2ccc(S(N)(=O)=O)cc2)cc1C#N. The number of pyridine rings is 1. The van der Waals surface area contributed by atoms with E-state index in [1.807, 2.05) is 6.07 Å². The van der Waals surface area contributed by atoms with E-state index in [1.54, 1.807) is 30.3 Å². The average molecular weight is 383 g/mol. The second kappa shape index (κ2) is 7.15. The van der Waals surface area contributed by atoms with E-state index in [9.17, 15) is 18.1 Å². The summed E-state index contributed by atoms with van der Waals surface area (Å²) in [4.78, 5) is 4.37. The van der Waals surface area contributed by atoms with Gasteiger partial charge in [0.1, 0.15) is 17.4 Å². The van der Waals surface area contributed by atoms with Gasteiger partial charge in [-0.2, -0.15) is 5.26 Å². The lowest BCUT2D eigenvalue weighted by atomic mass is 9.98. The number of primary sulfonamides is 1. The van der Waals surface area contributed by atoms with Crippen molar-refractivity contribution >= 4 is 10.0 Å². The van der Waals surface area contributed by atoms with E-state index in [4.69, 9.17) is 9.88 Å². The van der Waals surface area contributed by atoms with Crippen LogP contribution < -0.4 is 9.88 Å². The van der Waals surface area contributed by atoms with Gasteiger partial charge in [0.05, 0.1) is 17.7 Å². The molecule has 3 rings (SSSR count). The van der Waals surface area contributed by atoms with Crippen molar-refractivity contribution < 1.29 is 17.5 Å². The van der Waals surface area contributed by atoms with E-state index in [0.29, 0.717) is 22.4 Å². The van der Waals surface area contributed by atoms with Crippen molar-refractivity contribution in [3.63, 3.8) is 0 Å². The minimum Gasteiger partial charge on any atom is -0.480 e. The van der Waals surface area contributed by atoms with E-state index in [2.05, 4.69) is 4.98 Å². The Kier molecular flexibility index (Phi) is 4.90. The van der Waals surface area contributed by atoms with Crippen LogP contribution in [0.2, 0.25) is 0 Å². The van der Waals surface area contributed by atoms with Crippen LogP contribution in [0.25, 0.3) is 22.4 Å². The third-order valence-electron chi connectivity index (χ3n) is 3.91. The van der Waals surface area contributed by atoms with E-state index in [1.165, 1.54) is 31.4 Å². The van der Waals surface area contributed by atoms with Crippen LogP contribution in [0.5, 0.6) is 5.88 Å². The molecule has 0 saturated heterocycles. The number of halogens is 1. The standard InChI is InChI=1S/C19H14FN3O3S/c1-26-19-14(11-21)10-17(12-4-8-16(9-5-12)27(22,24)25)18(23-19)13-2-6-15(20)7-3-13/h2-10H,1H3,(H2,22,24,25). The number of hydrogen-bond acceptors (Lipinski definition) is 5. The molecule has 0 aliphatic carbocycles. The van der Waals surface area contributed by atoms with Gasteiger partial charge in [0.25, 0.3) is 0 Å². The molecule has 136 valence electrons. The van der Waals surface area contributed by atoms with Gasteiger partial charge in [-0.25, -0.2) is 22.9 Å². The van der Waals surface area contributed by atoms with Crippen LogP contribution in [0.15, 0.2) is 59.5 Å². The van der Waals surface area contributed by atoms with Crippen LogP contribution in [0, 0.1) is 17.1 Å². The Morgan fingerprint density at radius 3 is 2.19 bits per heavy atom. The molecule has 1 aromatic heterocycles. The molecule has 0 atom stereocenters. The number of rotatable bonds is 4. The maximum Gasteiger partial charge on any atom is 0.238 e. The van der Waals surface area contributed by atoms with Gasteiger partial charge in [-0.3, -0.25) is 0 Å². The zero-order valence-electron chi connectivity index (χ0n) is 14.2. The first-order valence-electron chi connectivity index (χ1n) is 7.72. The van der Waals surface area contributed by atoms with Gasteiger partial charge >= 0.3 is 0 Å². The van der Waals surface area contributed by atoms with Gasteiger partial charge < -0.3 is 4.74 Å². The lowest BCUT2D eigenvalue weighted by Crippen LogP contribution is -2.11. The van der Waals surface area contributed by atoms with Crippen molar-refractivity contribution in [2.75, 3.05) is 7.11 Å². The number of nitrogens with zero attached hydrogens (tertiary/aromatic N) is 2. The Morgan fingerprint density at radius 2 is 1.67 bits per heavy atom. The third kappa shape index (κ3) is 3.79. The number of methoxy groups -OCH3 is 1. The molecule has 1 heterocycles. The van der Waals surface area contributed by atoms with Crippen LogP contribution in [-0.4, -0.2) is 20.5 Å². The highest BCUT2D eigenvalue weighted by molar-refractivity contribution is 7.89. The molecule has 0 amide bonds. The maximum absolute atomic E-state index is 13.3. The number of nitriles is 1. The molecule has 0 bridgehead atoms. The number of sulfonamides is 1. The topological polar surface area (TPSA) is 106 Å². The van der Waals surface area contributed by atoms with Gasteiger partial charge in [-0.05, 0) is 48.0 Å². The summed E-state index contributed by atoms with van der Waals surface area (Å²) in [7, 11) is -2.42. The highest BCUT2D eigenvalue weighted by Crippen LogP contribution is 2.34. The largest absolute Gasteiger partial charge is 0.480 e. The minimum atomic E-state index is -3.82. The Bertz CT molecular complexity index is 1140. The number of nitrogens with two attached hydrogens (primary N) is 1.